The molecular weight excluding hydrogens is 288 g/mol. The van der Waals surface area contributed by atoms with Gasteiger partial charge in [0.25, 0.3) is 0 Å². The Bertz CT molecular complexity index is 785. The zero-order chi connectivity index (χ0) is 15.3. The maximum atomic E-state index is 12.3. The minimum Gasteiger partial charge on any atom is -0.320 e. The van der Waals surface area contributed by atoms with Crippen LogP contribution in [0.2, 0.25) is 0 Å². The summed E-state index contributed by atoms with van der Waals surface area (Å²) in [5.74, 6) is 5.51. The summed E-state index contributed by atoms with van der Waals surface area (Å²) < 4.78 is 28.7. The molecule has 2 aromatic rings. The molecule has 7 heteroatoms. The van der Waals surface area contributed by atoms with E-state index in [0.29, 0.717) is 5.56 Å². The van der Waals surface area contributed by atoms with Gasteiger partial charge < -0.3 is 5.73 Å². The SMILES string of the molecule is Cn1nccc1CNS(=O)(=O)c1cccc(C#CCN)c1. The summed E-state index contributed by atoms with van der Waals surface area (Å²) in [7, 11) is -1.83. The Kier molecular flexibility index (Phi) is 4.75. The van der Waals surface area contributed by atoms with Gasteiger partial charge in [-0.25, -0.2) is 13.1 Å². The van der Waals surface area contributed by atoms with Gasteiger partial charge in [-0.1, -0.05) is 17.9 Å². The molecule has 0 amide bonds. The topological polar surface area (TPSA) is 90.0 Å². The minimum atomic E-state index is -3.59. The van der Waals surface area contributed by atoms with Gasteiger partial charge in [-0.3, -0.25) is 4.68 Å². The molecule has 3 N–H and O–H groups in total. The van der Waals surface area contributed by atoms with E-state index in [9.17, 15) is 8.42 Å². The Morgan fingerprint density at radius 3 is 2.86 bits per heavy atom. The fraction of sp³-hybridized carbons (Fsp3) is 0.214. The highest BCUT2D eigenvalue weighted by Crippen LogP contribution is 2.11. The predicted molar refractivity (Wildman–Crippen MR) is 79.6 cm³/mol. The first-order valence-electron chi connectivity index (χ1n) is 6.28. The van der Waals surface area contributed by atoms with Gasteiger partial charge in [-0.05, 0) is 24.3 Å². The molecule has 0 aliphatic carbocycles. The van der Waals surface area contributed by atoms with Crippen molar-refractivity contribution in [2.24, 2.45) is 12.8 Å². The molecular formula is C14H16N4O2S. The van der Waals surface area contributed by atoms with Crippen LogP contribution in [0.4, 0.5) is 0 Å². The van der Waals surface area contributed by atoms with Crippen molar-refractivity contribution in [2.45, 2.75) is 11.4 Å². The summed E-state index contributed by atoms with van der Waals surface area (Å²) in [6, 6.07) is 8.20. The number of nitrogens with two attached hydrogens (primary N) is 1. The van der Waals surface area contributed by atoms with Crippen molar-refractivity contribution < 1.29 is 8.42 Å². The van der Waals surface area contributed by atoms with Gasteiger partial charge in [0.2, 0.25) is 10.0 Å². The Labute approximate surface area is 124 Å². The van der Waals surface area contributed by atoms with E-state index in [2.05, 4.69) is 21.7 Å². The van der Waals surface area contributed by atoms with Crippen LogP contribution in [0.25, 0.3) is 0 Å². The molecule has 0 aliphatic rings. The van der Waals surface area contributed by atoms with Crippen LogP contribution in [0.5, 0.6) is 0 Å². The van der Waals surface area contributed by atoms with Gasteiger partial charge >= 0.3 is 0 Å². The van der Waals surface area contributed by atoms with Crippen LogP contribution in [0, 0.1) is 11.8 Å². The number of nitrogens with one attached hydrogen (secondary N) is 1. The Balaban J connectivity index is 2.17. The van der Waals surface area contributed by atoms with E-state index < -0.39 is 10.0 Å². The number of nitrogens with zero attached hydrogens (tertiary/aromatic N) is 2. The number of aryl methyl sites for hydroxylation is 1. The lowest BCUT2D eigenvalue weighted by atomic mass is 10.2. The maximum absolute atomic E-state index is 12.3. The summed E-state index contributed by atoms with van der Waals surface area (Å²) in [4.78, 5) is 0.175. The molecule has 0 bridgehead atoms. The number of rotatable bonds is 4. The van der Waals surface area contributed by atoms with Crippen molar-refractivity contribution in [1.29, 1.82) is 0 Å². The van der Waals surface area contributed by atoms with Crippen LogP contribution in [-0.2, 0) is 23.6 Å². The summed E-state index contributed by atoms with van der Waals surface area (Å²) >= 11 is 0. The lowest BCUT2D eigenvalue weighted by Crippen LogP contribution is -2.24. The van der Waals surface area contributed by atoms with Crippen LogP contribution in [0.15, 0.2) is 41.4 Å². The smallest absolute Gasteiger partial charge is 0.240 e. The van der Waals surface area contributed by atoms with Crippen molar-refractivity contribution in [2.75, 3.05) is 6.54 Å². The van der Waals surface area contributed by atoms with E-state index in [-0.39, 0.29) is 18.0 Å². The second-order valence-electron chi connectivity index (χ2n) is 4.30. The first-order valence-corrected chi connectivity index (χ1v) is 7.77. The third-order valence-electron chi connectivity index (χ3n) is 2.84. The molecule has 0 radical (unpaired) electrons. The highest BCUT2D eigenvalue weighted by molar-refractivity contribution is 7.89. The Morgan fingerprint density at radius 1 is 1.38 bits per heavy atom. The quantitative estimate of drug-likeness (QED) is 0.790. The van der Waals surface area contributed by atoms with Gasteiger partial charge in [0, 0.05) is 18.8 Å². The lowest BCUT2D eigenvalue weighted by molar-refractivity contribution is 0.577. The van der Waals surface area contributed by atoms with E-state index in [0.717, 1.165) is 5.69 Å². The zero-order valence-electron chi connectivity index (χ0n) is 11.6. The average molecular weight is 304 g/mol. The van der Waals surface area contributed by atoms with Gasteiger partial charge in [0.15, 0.2) is 0 Å². The maximum Gasteiger partial charge on any atom is 0.240 e. The molecule has 0 saturated heterocycles. The fourth-order valence-corrected chi connectivity index (χ4v) is 2.77. The van der Waals surface area contributed by atoms with Crippen molar-refractivity contribution in [3.8, 4) is 11.8 Å². The molecule has 1 aromatic heterocycles. The second-order valence-corrected chi connectivity index (χ2v) is 6.07. The van der Waals surface area contributed by atoms with Crippen LogP contribution >= 0.6 is 0 Å². The molecule has 0 spiro atoms. The summed E-state index contributed by atoms with van der Waals surface area (Å²) in [6.45, 7) is 0.410. The van der Waals surface area contributed by atoms with Gasteiger partial charge in [0.1, 0.15) is 0 Å². The minimum absolute atomic E-state index is 0.175. The second kappa shape index (κ2) is 6.54. The average Bonchev–Trinajstić information content (AvgIpc) is 2.89. The molecule has 1 heterocycles. The Hall–Kier alpha value is -2.14. The largest absolute Gasteiger partial charge is 0.320 e. The predicted octanol–water partition coefficient (Wildman–Crippen LogP) is 0.209. The molecule has 6 nitrogen and oxygen atoms in total. The van der Waals surface area contributed by atoms with Crippen LogP contribution in [0.3, 0.4) is 0 Å². The van der Waals surface area contributed by atoms with Gasteiger partial charge in [-0.2, -0.15) is 5.10 Å². The lowest BCUT2D eigenvalue weighted by Gasteiger charge is -2.07. The fourth-order valence-electron chi connectivity index (χ4n) is 1.72. The third kappa shape index (κ3) is 3.92. The molecule has 0 saturated carbocycles. The van der Waals surface area contributed by atoms with Crippen LogP contribution in [-0.4, -0.2) is 24.7 Å². The van der Waals surface area contributed by atoms with Gasteiger partial charge in [-0.15, -0.1) is 0 Å². The van der Waals surface area contributed by atoms with E-state index in [1.165, 1.54) is 12.1 Å². The van der Waals surface area contributed by atoms with E-state index in [1.807, 2.05) is 0 Å². The molecule has 2 rings (SSSR count). The molecule has 0 aliphatic heterocycles. The monoisotopic (exact) mass is 304 g/mol. The summed E-state index contributed by atoms with van der Waals surface area (Å²) in [5.41, 5.74) is 6.69. The molecule has 0 atom stereocenters. The molecule has 110 valence electrons. The number of hydrogen-bond donors (Lipinski definition) is 2. The third-order valence-corrected chi connectivity index (χ3v) is 4.24. The molecule has 21 heavy (non-hydrogen) atoms. The highest BCUT2D eigenvalue weighted by Gasteiger charge is 2.14. The van der Waals surface area contributed by atoms with Crippen LogP contribution in [0.1, 0.15) is 11.3 Å². The standard InChI is InChI=1S/C14H16N4O2S/c1-18-13(7-9-16-18)11-17-21(19,20)14-6-2-4-12(10-14)5-3-8-15/h2,4,6-7,9-10,17H,8,11,15H2,1H3. The first-order chi connectivity index (χ1) is 10.0. The first kappa shape index (κ1) is 15.3. The normalized spacial score (nSPS) is 11.0. The highest BCUT2D eigenvalue weighted by atomic mass is 32.2. The number of aromatic nitrogens is 2. The van der Waals surface area contributed by atoms with Crippen molar-refractivity contribution in [3.05, 3.63) is 47.8 Å². The van der Waals surface area contributed by atoms with Crippen molar-refractivity contribution in [3.63, 3.8) is 0 Å². The zero-order valence-corrected chi connectivity index (χ0v) is 12.4. The van der Waals surface area contributed by atoms with Crippen LogP contribution < -0.4 is 10.5 Å². The molecule has 1 aromatic carbocycles. The van der Waals surface area contributed by atoms with E-state index in [1.54, 1.807) is 36.1 Å². The van der Waals surface area contributed by atoms with Crippen molar-refractivity contribution in [1.82, 2.24) is 14.5 Å². The van der Waals surface area contributed by atoms with E-state index in [4.69, 9.17) is 5.73 Å². The molecule has 0 fully saturated rings. The number of benzene rings is 1. The van der Waals surface area contributed by atoms with Gasteiger partial charge in [0.05, 0.1) is 23.7 Å². The Morgan fingerprint density at radius 2 is 2.19 bits per heavy atom. The number of hydrogen-bond acceptors (Lipinski definition) is 4. The van der Waals surface area contributed by atoms with Crippen molar-refractivity contribution >= 4 is 10.0 Å². The number of sulfonamides is 1. The summed E-state index contributed by atoms with van der Waals surface area (Å²) in [6.07, 6.45) is 1.62. The molecule has 0 unspecified atom stereocenters. The van der Waals surface area contributed by atoms with E-state index >= 15 is 0 Å². The summed E-state index contributed by atoms with van der Waals surface area (Å²) in [5, 5.41) is 3.99.